The minimum atomic E-state index is 0.664. The molecule has 2 aliphatic rings. The Morgan fingerprint density at radius 3 is 2.74 bits per heavy atom. The Kier molecular flexibility index (Phi) is 3.86. The van der Waals surface area contributed by atoms with Crippen molar-refractivity contribution < 1.29 is 4.74 Å². The first-order valence-corrected chi connectivity index (χ1v) is 8.67. The maximum absolute atomic E-state index is 5.40. The van der Waals surface area contributed by atoms with E-state index in [-0.39, 0.29) is 0 Å². The van der Waals surface area contributed by atoms with Gasteiger partial charge in [0.25, 0.3) is 0 Å². The number of likely N-dealkylation sites (N-methyl/N-ethyl adjacent to an activating group) is 1. The molecular formula is C21H25NO. The molecule has 2 aromatic rings. The third kappa shape index (κ3) is 2.66. The molecule has 2 nitrogen and oxygen atoms in total. The molecular weight excluding hydrogens is 282 g/mol. The van der Waals surface area contributed by atoms with Crippen molar-refractivity contribution in [2.45, 2.75) is 31.2 Å². The topological polar surface area (TPSA) is 12.5 Å². The number of nitrogens with zero attached hydrogens (tertiary/aromatic N) is 1. The van der Waals surface area contributed by atoms with Crippen LogP contribution in [0.4, 0.5) is 0 Å². The molecule has 0 amide bonds. The van der Waals surface area contributed by atoms with E-state index in [0.717, 1.165) is 11.7 Å². The molecule has 2 heteroatoms. The molecule has 0 radical (unpaired) electrons. The molecule has 1 aliphatic carbocycles. The molecule has 120 valence electrons. The largest absolute Gasteiger partial charge is 0.497 e. The minimum absolute atomic E-state index is 0.664. The predicted molar refractivity (Wildman–Crippen MR) is 94.1 cm³/mol. The molecule has 3 atom stereocenters. The highest BCUT2D eigenvalue weighted by molar-refractivity contribution is 5.41. The third-order valence-corrected chi connectivity index (χ3v) is 5.85. The summed E-state index contributed by atoms with van der Waals surface area (Å²) in [4.78, 5) is 2.58. The smallest absolute Gasteiger partial charge is 0.119 e. The molecule has 0 saturated carbocycles. The van der Waals surface area contributed by atoms with Crippen molar-refractivity contribution in [2.24, 2.45) is 5.92 Å². The van der Waals surface area contributed by atoms with Crippen LogP contribution in [0.25, 0.3) is 0 Å². The van der Waals surface area contributed by atoms with Crippen LogP contribution in [0.1, 0.15) is 29.0 Å². The van der Waals surface area contributed by atoms with Gasteiger partial charge in [0, 0.05) is 18.5 Å². The summed E-state index contributed by atoms with van der Waals surface area (Å²) in [6.45, 7) is 1.18. The second kappa shape index (κ2) is 6.01. The number of benzene rings is 2. The molecule has 2 aromatic carbocycles. The highest BCUT2D eigenvalue weighted by Gasteiger charge is 2.42. The van der Waals surface area contributed by atoms with Crippen LogP contribution in [0.2, 0.25) is 0 Å². The monoisotopic (exact) mass is 307 g/mol. The molecule has 1 unspecified atom stereocenters. The molecule has 0 spiro atoms. The predicted octanol–water partition coefficient (Wildman–Crippen LogP) is 3.90. The van der Waals surface area contributed by atoms with Gasteiger partial charge >= 0.3 is 0 Å². The van der Waals surface area contributed by atoms with Crippen LogP contribution in [0.15, 0.2) is 48.5 Å². The standard InChI is InChI=1S/C21H25NO/c1-22-14-20-18-11-9-17(23-2)13-16(18)8-10-19(20)21(22)12-15-6-4-3-5-7-15/h3-7,9,11,13,19-21H,8,10,12,14H2,1-2H3/t19?,20-,21-/m1/s1. The van der Waals surface area contributed by atoms with E-state index < -0.39 is 0 Å². The van der Waals surface area contributed by atoms with Crippen molar-refractivity contribution in [2.75, 3.05) is 20.7 Å². The minimum Gasteiger partial charge on any atom is -0.497 e. The van der Waals surface area contributed by atoms with Gasteiger partial charge in [-0.05, 0) is 61.1 Å². The van der Waals surface area contributed by atoms with Crippen LogP contribution < -0.4 is 4.74 Å². The summed E-state index contributed by atoms with van der Waals surface area (Å²) < 4.78 is 5.40. The van der Waals surface area contributed by atoms with Crippen LogP contribution in [0, 0.1) is 5.92 Å². The Bertz CT molecular complexity index is 681. The summed E-state index contributed by atoms with van der Waals surface area (Å²) in [7, 11) is 4.06. The number of hydrogen-bond acceptors (Lipinski definition) is 2. The first-order valence-electron chi connectivity index (χ1n) is 8.67. The Hall–Kier alpha value is -1.80. The number of aryl methyl sites for hydroxylation is 1. The molecule has 1 fully saturated rings. The van der Waals surface area contributed by atoms with Gasteiger partial charge in [0.1, 0.15) is 5.75 Å². The van der Waals surface area contributed by atoms with Crippen LogP contribution >= 0.6 is 0 Å². The Labute approximate surface area is 139 Å². The van der Waals surface area contributed by atoms with Gasteiger partial charge in [0.05, 0.1) is 7.11 Å². The van der Waals surface area contributed by atoms with E-state index in [1.54, 1.807) is 12.7 Å². The summed E-state index contributed by atoms with van der Waals surface area (Å²) in [5, 5.41) is 0. The van der Waals surface area contributed by atoms with Crippen LogP contribution in [-0.2, 0) is 12.8 Å². The van der Waals surface area contributed by atoms with Gasteiger partial charge in [-0.1, -0.05) is 36.4 Å². The molecule has 0 N–H and O–H groups in total. The molecule has 23 heavy (non-hydrogen) atoms. The van der Waals surface area contributed by atoms with Gasteiger partial charge in [0.15, 0.2) is 0 Å². The lowest BCUT2D eigenvalue weighted by molar-refractivity contribution is 0.259. The highest BCUT2D eigenvalue weighted by atomic mass is 16.5. The number of ether oxygens (including phenoxy) is 1. The fourth-order valence-electron chi connectivity index (χ4n) is 4.67. The van der Waals surface area contributed by atoms with Gasteiger partial charge in [-0.25, -0.2) is 0 Å². The van der Waals surface area contributed by atoms with E-state index in [1.165, 1.54) is 36.9 Å². The average Bonchev–Trinajstić information content (AvgIpc) is 2.91. The van der Waals surface area contributed by atoms with Crippen molar-refractivity contribution >= 4 is 0 Å². The zero-order valence-electron chi connectivity index (χ0n) is 14.0. The van der Waals surface area contributed by atoms with E-state index in [1.807, 2.05) is 0 Å². The Morgan fingerprint density at radius 2 is 1.96 bits per heavy atom. The lowest BCUT2D eigenvalue weighted by Gasteiger charge is -2.31. The maximum Gasteiger partial charge on any atom is 0.119 e. The summed E-state index contributed by atoms with van der Waals surface area (Å²) in [5.74, 6) is 2.46. The molecule has 1 heterocycles. The number of methoxy groups -OCH3 is 1. The number of fused-ring (bicyclic) bond motifs is 3. The SMILES string of the molecule is COc1ccc2c(c1)CCC1[C@@H]2CN(C)[C@@H]1Cc1ccccc1. The maximum atomic E-state index is 5.40. The molecule has 0 bridgehead atoms. The highest BCUT2D eigenvalue weighted by Crippen LogP contribution is 2.45. The first-order chi connectivity index (χ1) is 11.3. The average molecular weight is 307 g/mol. The van der Waals surface area contributed by atoms with E-state index in [9.17, 15) is 0 Å². The van der Waals surface area contributed by atoms with E-state index in [4.69, 9.17) is 4.74 Å². The van der Waals surface area contributed by atoms with Gasteiger partial charge in [-0.3, -0.25) is 0 Å². The van der Waals surface area contributed by atoms with Gasteiger partial charge < -0.3 is 9.64 Å². The first kappa shape index (κ1) is 14.8. The van der Waals surface area contributed by atoms with Crippen molar-refractivity contribution in [1.82, 2.24) is 4.90 Å². The summed E-state index contributed by atoms with van der Waals surface area (Å²) in [6.07, 6.45) is 3.66. The fraction of sp³-hybridized carbons (Fsp3) is 0.429. The Morgan fingerprint density at radius 1 is 1.13 bits per heavy atom. The Balaban J connectivity index is 1.60. The molecule has 1 saturated heterocycles. The summed E-state index contributed by atoms with van der Waals surface area (Å²) >= 11 is 0. The van der Waals surface area contributed by atoms with E-state index >= 15 is 0 Å². The van der Waals surface area contributed by atoms with Crippen molar-refractivity contribution in [3.63, 3.8) is 0 Å². The van der Waals surface area contributed by atoms with Crippen LogP contribution in [-0.4, -0.2) is 31.6 Å². The van der Waals surface area contributed by atoms with Crippen LogP contribution in [0.5, 0.6) is 5.75 Å². The summed E-state index contributed by atoms with van der Waals surface area (Å²) in [6, 6.07) is 18.3. The number of likely N-dealkylation sites (tertiary alicyclic amines) is 1. The normalized spacial score (nSPS) is 26.6. The lowest BCUT2D eigenvalue weighted by Crippen LogP contribution is -2.32. The zero-order chi connectivity index (χ0) is 15.8. The number of hydrogen-bond donors (Lipinski definition) is 0. The van der Waals surface area contributed by atoms with Gasteiger partial charge in [0.2, 0.25) is 0 Å². The molecule has 1 aliphatic heterocycles. The second-order valence-electron chi connectivity index (χ2n) is 7.07. The second-order valence-corrected chi connectivity index (χ2v) is 7.07. The van der Waals surface area contributed by atoms with Crippen molar-refractivity contribution in [1.29, 1.82) is 0 Å². The fourth-order valence-corrected chi connectivity index (χ4v) is 4.67. The molecule has 4 rings (SSSR count). The third-order valence-electron chi connectivity index (χ3n) is 5.85. The van der Waals surface area contributed by atoms with E-state index in [2.05, 4.69) is 60.5 Å². The van der Waals surface area contributed by atoms with Crippen molar-refractivity contribution in [3.8, 4) is 5.75 Å². The lowest BCUT2D eigenvalue weighted by atomic mass is 9.73. The quantitative estimate of drug-likeness (QED) is 0.853. The van der Waals surface area contributed by atoms with Crippen molar-refractivity contribution in [3.05, 3.63) is 65.2 Å². The van der Waals surface area contributed by atoms with Gasteiger partial charge in [-0.2, -0.15) is 0 Å². The zero-order valence-corrected chi connectivity index (χ0v) is 14.0. The summed E-state index contributed by atoms with van der Waals surface area (Å²) in [5.41, 5.74) is 4.52. The van der Waals surface area contributed by atoms with Gasteiger partial charge in [-0.15, -0.1) is 0 Å². The molecule has 0 aromatic heterocycles. The van der Waals surface area contributed by atoms with E-state index in [0.29, 0.717) is 12.0 Å². The number of rotatable bonds is 3. The van der Waals surface area contributed by atoms with Crippen LogP contribution in [0.3, 0.4) is 0 Å².